The summed E-state index contributed by atoms with van der Waals surface area (Å²) in [4.78, 5) is 123. The van der Waals surface area contributed by atoms with Gasteiger partial charge in [0, 0.05) is 43.9 Å². The third-order valence-corrected chi connectivity index (χ3v) is 12.9. The first kappa shape index (κ1) is 47.5. The monoisotopic (exact) mass is 917 g/mol. The van der Waals surface area contributed by atoms with Crippen LogP contribution in [0, 0.1) is 24.6 Å². The molecule has 6 N–H and O–H groups in total. The summed E-state index contributed by atoms with van der Waals surface area (Å²) < 4.78 is 31.8. The molecule has 4 aliphatic heterocycles. The molecule has 0 unspecified atom stereocenters. The van der Waals surface area contributed by atoms with E-state index in [-0.39, 0.29) is 55.4 Å². The van der Waals surface area contributed by atoms with Crippen LogP contribution in [0.1, 0.15) is 70.4 Å². The number of piperidine rings is 1. The van der Waals surface area contributed by atoms with E-state index in [1.54, 1.807) is 18.2 Å². The molecule has 4 heterocycles. The van der Waals surface area contributed by atoms with Crippen LogP contribution >= 0.6 is 19.4 Å². The second-order valence-electron chi connectivity index (χ2n) is 17.2. The highest BCUT2D eigenvalue weighted by atomic mass is 35.5. The number of hydrogen-bond acceptors (Lipinski definition) is 9. The van der Waals surface area contributed by atoms with E-state index < -0.39 is 110 Å². The molecular weight excluding hydrogens is 864 g/mol. The molecule has 0 aliphatic carbocycles. The van der Waals surface area contributed by atoms with Gasteiger partial charge in [0.05, 0.1) is 17.8 Å². The van der Waals surface area contributed by atoms with Crippen molar-refractivity contribution in [1.29, 1.82) is 0 Å². The van der Waals surface area contributed by atoms with E-state index in [1.165, 1.54) is 35.8 Å². The first-order valence-electron chi connectivity index (χ1n) is 21.1. The van der Waals surface area contributed by atoms with Crippen LogP contribution < -0.4 is 21.3 Å². The fourth-order valence-corrected chi connectivity index (χ4v) is 9.76. The molecular formula is C42H54ClFN7O11P. The molecule has 2 aromatic carbocycles. The minimum absolute atomic E-state index is 0.0841. The highest BCUT2D eigenvalue weighted by Gasteiger charge is 2.50. The summed E-state index contributed by atoms with van der Waals surface area (Å²) in [7, 11) is -5.16. The van der Waals surface area contributed by atoms with Crippen molar-refractivity contribution in [3.05, 3.63) is 64.4 Å². The number of ketones is 1. The first-order chi connectivity index (χ1) is 29.7. The molecule has 2 aromatic rings. The molecule has 0 radical (unpaired) electrons. The molecule has 7 amide bonds. The van der Waals surface area contributed by atoms with E-state index in [4.69, 9.17) is 16.1 Å². The predicted octanol–water partition coefficient (Wildman–Crippen LogP) is 2.82. The normalized spacial score (nSPS) is 27.9. The van der Waals surface area contributed by atoms with Gasteiger partial charge in [-0.2, -0.15) is 0 Å². The summed E-state index contributed by atoms with van der Waals surface area (Å²) in [6.07, 6.45) is -0.596. The molecule has 0 saturated carbocycles. The van der Waals surface area contributed by atoms with E-state index >= 15 is 4.79 Å². The molecule has 63 heavy (non-hydrogen) atoms. The van der Waals surface area contributed by atoms with Crippen LogP contribution in [-0.4, -0.2) is 128 Å². The summed E-state index contributed by atoms with van der Waals surface area (Å²) in [6, 6.07) is 2.20. The van der Waals surface area contributed by atoms with Crippen LogP contribution in [0.5, 0.6) is 0 Å². The molecule has 0 spiro atoms. The standard InChI is InChI=1S/C42H54ClFN7O11P/c1-22-8-7-9-26(14-22)17-31(47-42(58)46-30-12-11-27(43)18-29(30)44)37(53)48-36-24(3)16-35(52)33-15-23(2)20-50(33)39(55)25(4)45-38(54)32-10-5-6-13-49(32)40(56)34-19-28(62-63(59,60)61)21-51(34)41(36)57/h7-9,11-12,14,18,23-25,28,31-34,36H,5-6,10,13,15-17,19-21H2,1-4H3,(H,45,54)(H,48,53)(H2,46,47,58)(H2,59,60,61)/t23-,24-,25+,28-,31+,32+,33+,34+,36+/m1/s1. The van der Waals surface area contributed by atoms with Gasteiger partial charge in [0.15, 0.2) is 5.78 Å². The fraction of sp³-hybridized carbons (Fsp3) is 0.548. The lowest BCUT2D eigenvalue weighted by Crippen LogP contribution is -2.62. The highest BCUT2D eigenvalue weighted by Crippen LogP contribution is 2.41. The molecule has 4 saturated heterocycles. The van der Waals surface area contributed by atoms with E-state index in [1.807, 2.05) is 19.9 Å². The Labute approximate surface area is 369 Å². The molecule has 9 atom stereocenters. The van der Waals surface area contributed by atoms with E-state index in [0.717, 1.165) is 16.5 Å². The van der Waals surface area contributed by atoms with Crippen LogP contribution in [0.2, 0.25) is 5.02 Å². The Balaban J connectivity index is 1.39. The topological polar surface area (TPSA) is 244 Å². The molecule has 18 nitrogen and oxygen atoms in total. The number of benzene rings is 2. The predicted molar refractivity (Wildman–Crippen MR) is 226 cm³/mol. The number of aryl methyl sites for hydroxylation is 1. The Kier molecular flexibility index (Phi) is 15.0. The van der Waals surface area contributed by atoms with Gasteiger partial charge in [0.2, 0.25) is 29.5 Å². The minimum atomic E-state index is -5.16. The number of carbonyl (C=O) groups excluding carboxylic acids is 7. The third kappa shape index (κ3) is 11.6. The second kappa shape index (κ2) is 19.8. The number of nitrogens with zero attached hydrogens (tertiary/aromatic N) is 3. The maximum atomic E-state index is 15.1. The lowest BCUT2D eigenvalue weighted by Gasteiger charge is -2.39. The van der Waals surface area contributed by atoms with Crippen molar-refractivity contribution in [2.45, 2.75) is 115 Å². The number of fused-ring (bicyclic) bond motifs is 3. The van der Waals surface area contributed by atoms with Crippen molar-refractivity contribution >= 4 is 66.5 Å². The van der Waals surface area contributed by atoms with Crippen molar-refractivity contribution in [1.82, 2.24) is 30.7 Å². The van der Waals surface area contributed by atoms with Crippen molar-refractivity contribution in [3.8, 4) is 0 Å². The van der Waals surface area contributed by atoms with Gasteiger partial charge in [-0.1, -0.05) is 55.3 Å². The first-order valence-corrected chi connectivity index (χ1v) is 23.0. The van der Waals surface area contributed by atoms with Gasteiger partial charge in [-0.05, 0) is 75.1 Å². The summed E-state index contributed by atoms with van der Waals surface area (Å²) in [5.74, 6) is -6.00. The fourth-order valence-electron chi connectivity index (χ4n) is 9.06. The molecule has 0 bridgehead atoms. The highest BCUT2D eigenvalue weighted by molar-refractivity contribution is 7.46. The van der Waals surface area contributed by atoms with Crippen molar-refractivity contribution < 1.29 is 56.8 Å². The zero-order valence-electron chi connectivity index (χ0n) is 35.4. The summed E-state index contributed by atoms with van der Waals surface area (Å²) in [5, 5.41) is 10.5. The Bertz CT molecular complexity index is 2180. The van der Waals surface area contributed by atoms with Crippen LogP contribution in [0.4, 0.5) is 14.9 Å². The van der Waals surface area contributed by atoms with Gasteiger partial charge in [-0.3, -0.25) is 33.3 Å². The Morgan fingerprint density at radius 2 is 1.67 bits per heavy atom. The van der Waals surface area contributed by atoms with Gasteiger partial charge < -0.3 is 45.8 Å². The SMILES string of the molecule is Cc1cccc(C[C@H](NC(=O)Nc2ccc(Cl)cc2F)C(=O)N[C@@H]2C(=O)N3C[C@H](OP(=O)(O)O)C[C@H]3C(=O)N3CCCC[C@H]3C(=O)N[C@@H](C)C(=O)N3C[C@H](C)C[C@H]3C(=O)C[C@H]2C)c1. The number of anilines is 1. The van der Waals surface area contributed by atoms with Crippen LogP contribution in [0.3, 0.4) is 0 Å². The van der Waals surface area contributed by atoms with Gasteiger partial charge >= 0.3 is 13.9 Å². The largest absolute Gasteiger partial charge is 0.469 e. The van der Waals surface area contributed by atoms with Crippen LogP contribution in [0.25, 0.3) is 0 Å². The lowest BCUT2D eigenvalue weighted by atomic mass is 9.90. The molecule has 0 aromatic heterocycles. The molecule has 4 fully saturated rings. The summed E-state index contributed by atoms with van der Waals surface area (Å²) >= 11 is 5.88. The summed E-state index contributed by atoms with van der Waals surface area (Å²) in [5.41, 5.74) is 1.21. The smallest absolute Gasteiger partial charge is 0.343 e. The Morgan fingerprint density at radius 3 is 2.37 bits per heavy atom. The number of carbonyl (C=O) groups is 7. The van der Waals surface area contributed by atoms with Crippen molar-refractivity contribution in [2.75, 3.05) is 25.0 Å². The number of amides is 7. The second-order valence-corrected chi connectivity index (χ2v) is 18.8. The number of phosphoric acid groups is 1. The Hall–Kier alpha value is -4.94. The zero-order chi connectivity index (χ0) is 45.9. The molecule has 6 rings (SSSR count). The van der Waals surface area contributed by atoms with Gasteiger partial charge in [-0.25, -0.2) is 13.8 Å². The number of urea groups is 1. The number of nitrogens with one attached hydrogen (secondary N) is 4. The molecule has 21 heteroatoms. The third-order valence-electron chi connectivity index (χ3n) is 12.1. The van der Waals surface area contributed by atoms with E-state index in [9.17, 15) is 47.5 Å². The van der Waals surface area contributed by atoms with E-state index in [0.29, 0.717) is 24.8 Å². The van der Waals surface area contributed by atoms with Crippen LogP contribution in [-0.2, 0) is 44.3 Å². The van der Waals surface area contributed by atoms with Crippen molar-refractivity contribution in [2.24, 2.45) is 11.8 Å². The van der Waals surface area contributed by atoms with E-state index in [2.05, 4.69) is 21.3 Å². The average Bonchev–Trinajstić information content (AvgIpc) is 3.82. The zero-order valence-corrected chi connectivity index (χ0v) is 37.1. The van der Waals surface area contributed by atoms with Gasteiger partial charge in [0.1, 0.15) is 36.0 Å². The number of hydrogen-bond donors (Lipinski definition) is 6. The molecule has 4 aliphatic rings. The average molecular weight is 918 g/mol. The quantitative estimate of drug-likeness (QED) is 0.210. The Morgan fingerprint density at radius 1 is 0.937 bits per heavy atom. The maximum absolute atomic E-state index is 15.1. The van der Waals surface area contributed by atoms with Gasteiger partial charge in [0.25, 0.3) is 0 Å². The van der Waals surface area contributed by atoms with Crippen LogP contribution in [0.15, 0.2) is 42.5 Å². The summed E-state index contributed by atoms with van der Waals surface area (Å²) in [6.45, 7) is 6.57. The maximum Gasteiger partial charge on any atom is 0.469 e. The lowest BCUT2D eigenvalue weighted by molar-refractivity contribution is -0.152. The number of rotatable bonds is 8. The minimum Gasteiger partial charge on any atom is -0.343 e. The number of phosphoric ester groups is 1. The molecule has 342 valence electrons. The van der Waals surface area contributed by atoms with Crippen molar-refractivity contribution in [3.63, 3.8) is 0 Å². The number of halogens is 2. The number of Topliss-reactive ketones (excluding diaryl/α,β-unsaturated/α-hetero) is 1. The van der Waals surface area contributed by atoms with Gasteiger partial charge in [-0.15, -0.1) is 0 Å².